The van der Waals surface area contributed by atoms with Gasteiger partial charge in [-0.05, 0) is 42.8 Å². The maximum Gasteiger partial charge on any atom is 0.282 e. The number of carbonyl (C=O) groups excluding carboxylic acids is 2. The quantitative estimate of drug-likeness (QED) is 0.721. The topological polar surface area (TPSA) is 59.1 Å². The molecule has 146 valence electrons. The lowest BCUT2D eigenvalue weighted by molar-refractivity contribution is -0.120. The van der Waals surface area contributed by atoms with Gasteiger partial charge in [-0.2, -0.15) is 0 Å². The predicted molar refractivity (Wildman–Crippen MR) is 109 cm³/mol. The van der Waals surface area contributed by atoms with Crippen LogP contribution in [-0.4, -0.2) is 44.0 Å². The fourth-order valence-electron chi connectivity index (χ4n) is 3.76. The highest BCUT2D eigenvalue weighted by Crippen LogP contribution is 2.41. The fraction of sp³-hybridized carbons (Fsp3) is 0.333. The van der Waals surface area contributed by atoms with E-state index >= 15 is 0 Å². The molecule has 0 atom stereocenters. The summed E-state index contributed by atoms with van der Waals surface area (Å²) < 4.78 is 10.7. The number of piperidine rings is 1. The molecular formula is C21H22N2O4S. The summed E-state index contributed by atoms with van der Waals surface area (Å²) >= 11 is 1.47. The third-order valence-corrected chi connectivity index (χ3v) is 6.01. The molecule has 2 aliphatic rings. The molecule has 6 nitrogen and oxygen atoms in total. The van der Waals surface area contributed by atoms with Crippen LogP contribution in [0.15, 0.2) is 41.4 Å². The van der Waals surface area contributed by atoms with Gasteiger partial charge in [0.15, 0.2) is 0 Å². The van der Waals surface area contributed by atoms with Gasteiger partial charge in [-0.15, -0.1) is 11.3 Å². The van der Waals surface area contributed by atoms with E-state index in [0.717, 1.165) is 37.2 Å². The first-order chi connectivity index (χ1) is 13.7. The van der Waals surface area contributed by atoms with Crippen molar-refractivity contribution >= 4 is 34.4 Å². The van der Waals surface area contributed by atoms with Crippen molar-refractivity contribution in [1.29, 1.82) is 0 Å². The Balaban J connectivity index is 1.81. The molecule has 0 bridgehead atoms. The summed E-state index contributed by atoms with van der Waals surface area (Å²) in [6, 6.07) is 8.89. The van der Waals surface area contributed by atoms with Crippen LogP contribution >= 0.6 is 11.3 Å². The number of ether oxygens (including phenoxy) is 2. The number of hydrogen-bond donors (Lipinski definition) is 0. The number of hydrogen-bond acceptors (Lipinski definition) is 6. The first-order valence-corrected chi connectivity index (χ1v) is 10.2. The van der Waals surface area contributed by atoms with Crippen LogP contribution in [0.3, 0.4) is 0 Å². The molecule has 0 aliphatic carbocycles. The van der Waals surface area contributed by atoms with E-state index in [9.17, 15) is 9.59 Å². The molecule has 28 heavy (non-hydrogen) atoms. The van der Waals surface area contributed by atoms with Gasteiger partial charge in [-0.3, -0.25) is 9.59 Å². The number of likely N-dealkylation sites (tertiary alicyclic amines) is 1. The highest BCUT2D eigenvalue weighted by atomic mass is 32.1. The maximum absolute atomic E-state index is 13.5. The molecule has 1 aromatic carbocycles. The first kappa shape index (κ1) is 18.6. The summed E-state index contributed by atoms with van der Waals surface area (Å²) in [5.41, 5.74) is 1.42. The number of anilines is 1. The Labute approximate surface area is 168 Å². The minimum Gasteiger partial charge on any atom is -0.497 e. The lowest BCUT2D eigenvalue weighted by atomic mass is 10.1. The minimum absolute atomic E-state index is 0.293. The number of amides is 2. The van der Waals surface area contributed by atoms with Crippen LogP contribution in [0.4, 0.5) is 5.69 Å². The van der Waals surface area contributed by atoms with Crippen LogP contribution in [0, 0.1) is 0 Å². The van der Waals surface area contributed by atoms with E-state index in [1.165, 1.54) is 23.3 Å². The number of rotatable bonds is 5. The van der Waals surface area contributed by atoms with E-state index in [2.05, 4.69) is 4.90 Å². The average Bonchev–Trinajstić information content (AvgIpc) is 3.34. The van der Waals surface area contributed by atoms with Gasteiger partial charge in [0.25, 0.3) is 11.8 Å². The molecule has 4 rings (SSSR count). The van der Waals surface area contributed by atoms with Crippen molar-refractivity contribution in [3.8, 4) is 11.5 Å². The maximum atomic E-state index is 13.5. The van der Waals surface area contributed by atoms with Crippen LogP contribution < -0.4 is 14.4 Å². The number of methoxy groups -OCH3 is 2. The largest absolute Gasteiger partial charge is 0.497 e. The second kappa shape index (κ2) is 7.67. The zero-order valence-corrected chi connectivity index (χ0v) is 16.8. The third-order valence-electron chi connectivity index (χ3n) is 5.13. The van der Waals surface area contributed by atoms with Crippen molar-refractivity contribution in [2.75, 3.05) is 32.2 Å². The molecule has 2 aromatic rings. The number of benzene rings is 1. The first-order valence-electron chi connectivity index (χ1n) is 9.29. The van der Waals surface area contributed by atoms with Crippen molar-refractivity contribution in [3.05, 3.63) is 46.3 Å². The predicted octanol–water partition coefficient (Wildman–Crippen LogP) is 3.54. The average molecular weight is 398 g/mol. The molecule has 2 aliphatic heterocycles. The second-order valence-corrected chi connectivity index (χ2v) is 7.68. The van der Waals surface area contributed by atoms with Gasteiger partial charge in [-0.25, -0.2) is 4.90 Å². The van der Waals surface area contributed by atoms with Crippen molar-refractivity contribution in [2.45, 2.75) is 19.3 Å². The summed E-state index contributed by atoms with van der Waals surface area (Å²) in [6.45, 7) is 1.58. The molecule has 2 amide bonds. The van der Waals surface area contributed by atoms with E-state index in [1.807, 2.05) is 17.5 Å². The molecule has 0 radical (unpaired) electrons. The summed E-state index contributed by atoms with van der Waals surface area (Å²) in [7, 11) is 3.08. The Morgan fingerprint density at radius 2 is 1.75 bits per heavy atom. The van der Waals surface area contributed by atoms with Gasteiger partial charge in [0.2, 0.25) is 0 Å². The number of thiophene rings is 1. The fourth-order valence-corrected chi connectivity index (χ4v) is 4.52. The SMILES string of the molecule is COc1ccc(N2C(=O)C(c3cccs3)=C(N3CCCCC3)C2=O)c(OC)c1. The lowest BCUT2D eigenvalue weighted by Gasteiger charge is -2.29. The van der Waals surface area contributed by atoms with E-state index in [4.69, 9.17) is 9.47 Å². The van der Waals surface area contributed by atoms with Gasteiger partial charge in [0.05, 0.1) is 25.5 Å². The van der Waals surface area contributed by atoms with Gasteiger partial charge < -0.3 is 14.4 Å². The van der Waals surface area contributed by atoms with Crippen LogP contribution in [0.5, 0.6) is 11.5 Å². The van der Waals surface area contributed by atoms with Crippen LogP contribution in [0.25, 0.3) is 5.57 Å². The Morgan fingerprint density at radius 1 is 0.964 bits per heavy atom. The van der Waals surface area contributed by atoms with Gasteiger partial charge in [0.1, 0.15) is 17.2 Å². The second-order valence-electron chi connectivity index (χ2n) is 6.73. The lowest BCUT2D eigenvalue weighted by Crippen LogP contribution is -2.37. The van der Waals surface area contributed by atoms with Crippen molar-refractivity contribution in [3.63, 3.8) is 0 Å². The summed E-state index contributed by atoms with van der Waals surface area (Å²) in [4.78, 5) is 31.0. The number of carbonyl (C=O) groups is 2. The van der Waals surface area contributed by atoms with E-state index in [1.54, 1.807) is 25.3 Å². The number of nitrogens with zero attached hydrogens (tertiary/aromatic N) is 2. The molecule has 0 saturated carbocycles. The van der Waals surface area contributed by atoms with Gasteiger partial charge in [0, 0.05) is 24.0 Å². The molecule has 0 spiro atoms. The molecule has 0 N–H and O–H groups in total. The molecule has 1 saturated heterocycles. The monoisotopic (exact) mass is 398 g/mol. The van der Waals surface area contributed by atoms with E-state index < -0.39 is 0 Å². The molecule has 1 aromatic heterocycles. The van der Waals surface area contributed by atoms with Gasteiger partial charge in [-0.1, -0.05) is 6.07 Å². The van der Waals surface area contributed by atoms with Gasteiger partial charge >= 0.3 is 0 Å². The normalized spacial score (nSPS) is 17.5. The highest BCUT2D eigenvalue weighted by molar-refractivity contribution is 7.11. The Morgan fingerprint density at radius 3 is 2.39 bits per heavy atom. The highest BCUT2D eigenvalue weighted by Gasteiger charge is 2.44. The molecule has 7 heteroatoms. The Kier molecular flexibility index (Phi) is 5.09. The smallest absolute Gasteiger partial charge is 0.282 e. The van der Waals surface area contributed by atoms with Crippen molar-refractivity contribution in [2.24, 2.45) is 0 Å². The summed E-state index contributed by atoms with van der Waals surface area (Å²) in [6.07, 6.45) is 3.19. The zero-order valence-electron chi connectivity index (χ0n) is 15.9. The molecule has 0 unspecified atom stereocenters. The molecule has 3 heterocycles. The zero-order chi connectivity index (χ0) is 19.7. The minimum atomic E-state index is -0.309. The number of imide groups is 1. The van der Waals surface area contributed by atoms with Crippen LogP contribution in [0.2, 0.25) is 0 Å². The molecule has 1 fully saturated rings. The Bertz CT molecular complexity index is 930. The van der Waals surface area contributed by atoms with Crippen molar-refractivity contribution in [1.82, 2.24) is 4.90 Å². The van der Waals surface area contributed by atoms with Crippen LogP contribution in [-0.2, 0) is 9.59 Å². The standard InChI is InChI=1S/C21H22N2O4S/c1-26-14-8-9-15(16(13-14)27-2)23-20(24)18(17-7-6-12-28-17)19(21(23)25)22-10-4-3-5-11-22/h6-9,12-13H,3-5,10-11H2,1-2H3. The van der Waals surface area contributed by atoms with Crippen molar-refractivity contribution < 1.29 is 19.1 Å². The summed E-state index contributed by atoms with van der Waals surface area (Å²) in [5, 5.41) is 1.92. The Hall–Kier alpha value is -2.80. The summed E-state index contributed by atoms with van der Waals surface area (Å²) in [5.74, 6) is 0.420. The van der Waals surface area contributed by atoms with E-state index in [0.29, 0.717) is 28.5 Å². The van der Waals surface area contributed by atoms with E-state index in [-0.39, 0.29) is 11.8 Å². The molecular weight excluding hydrogens is 376 g/mol. The van der Waals surface area contributed by atoms with Crippen LogP contribution in [0.1, 0.15) is 24.1 Å². The third kappa shape index (κ3) is 3.05.